The first-order valence-electron chi connectivity index (χ1n) is 8.83. The molecule has 1 aromatic heterocycles. The molecule has 2 N–H and O–H groups in total. The first kappa shape index (κ1) is 18.0. The van der Waals surface area contributed by atoms with Crippen molar-refractivity contribution in [2.45, 2.75) is 19.9 Å². The molecule has 26 heavy (non-hydrogen) atoms. The van der Waals surface area contributed by atoms with E-state index < -0.39 is 0 Å². The van der Waals surface area contributed by atoms with Gasteiger partial charge < -0.3 is 15.1 Å². The summed E-state index contributed by atoms with van der Waals surface area (Å²) < 4.78 is 0. The van der Waals surface area contributed by atoms with Crippen molar-refractivity contribution in [2.75, 3.05) is 36.4 Å². The molecule has 0 unspecified atom stereocenters. The minimum atomic E-state index is -0.152. The first-order chi connectivity index (χ1) is 12.5. The van der Waals surface area contributed by atoms with Gasteiger partial charge in [0, 0.05) is 23.6 Å². The fourth-order valence-corrected chi connectivity index (χ4v) is 3.11. The van der Waals surface area contributed by atoms with E-state index in [0.717, 1.165) is 32.1 Å². The largest absolute Gasteiger partial charge is 0.330 e. The number of quaternary nitrogens is 1. The Bertz CT molecular complexity index is 755. The first-order valence-corrected chi connectivity index (χ1v) is 8.83. The second kappa shape index (κ2) is 8.05. The topological polar surface area (TPSA) is 79.6 Å². The molecule has 1 aliphatic heterocycles. The van der Waals surface area contributed by atoms with E-state index in [1.165, 1.54) is 11.8 Å². The molecule has 1 amide bonds. The maximum atomic E-state index is 12.5. The van der Waals surface area contributed by atoms with Crippen molar-refractivity contribution >= 4 is 23.3 Å². The minimum absolute atomic E-state index is 0.0139. The number of rotatable bonds is 5. The van der Waals surface area contributed by atoms with Gasteiger partial charge in [-0.15, -0.1) is 0 Å². The molecule has 0 spiro atoms. The Morgan fingerprint density at radius 3 is 2.31 bits per heavy atom. The van der Waals surface area contributed by atoms with Crippen LogP contribution in [0.2, 0.25) is 0 Å². The average molecular weight is 354 g/mol. The summed E-state index contributed by atoms with van der Waals surface area (Å²) in [6, 6.07) is 8.65. The van der Waals surface area contributed by atoms with Gasteiger partial charge >= 0.3 is 0 Å². The molecule has 1 atom stereocenters. The molecule has 2 heterocycles. The molecule has 7 heteroatoms. The van der Waals surface area contributed by atoms with Gasteiger partial charge in [-0.3, -0.25) is 9.59 Å². The molecule has 0 aliphatic carbocycles. The number of ketones is 1. The number of hydrogen-bond donors (Lipinski definition) is 2. The Morgan fingerprint density at radius 2 is 1.73 bits per heavy atom. The fraction of sp³-hybridized carbons (Fsp3) is 0.368. The highest BCUT2D eigenvalue weighted by atomic mass is 16.2. The van der Waals surface area contributed by atoms with Crippen LogP contribution in [-0.2, 0) is 4.79 Å². The fourth-order valence-electron chi connectivity index (χ4n) is 3.11. The Morgan fingerprint density at radius 1 is 1.12 bits per heavy atom. The van der Waals surface area contributed by atoms with Crippen molar-refractivity contribution < 1.29 is 14.5 Å². The Kier molecular flexibility index (Phi) is 5.58. The van der Waals surface area contributed by atoms with Crippen molar-refractivity contribution in [2.24, 2.45) is 0 Å². The van der Waals surface area contributed by atoms with Crippen LogP contribution < -0.4 is 15.1 Å². The molecule has 7 nitrogen and oxygen atoms in total. The van der Waals surface area contributed by atoms with E-state index >= 15 is 0 Å². The number of carbonyl (C=O) groups excluding carboxylic acids is 2. The van der Waals surface area contributed by atoms with Crippen LogP contribution in [0.1, 0.15) is 24.2 Å². The predicted octanol–water partition coefficient (Wildman–Crippen LogP) is 0.411. The summed E-state index contributed by atoms with van der Waals surface area (Å²) in [6.07, 6.45) is 3.49. The lowest BCUT2D eigenvalue weighted by Gasteiger charge is -2.34. The number of aromatic nitrogens is 2. The smallest absolute Gasteiger partial charge is 0.282 e. The van der Waals surface area contributed by atoms with Crippen LogP contribution in [-0.4, -0.2) is 53.9 Å². The second-order valence-electron chi connectivity index (χ2n) is 6.54. The monoisotopic (exact) mass is 354 g/mol. The molecule has 1 fully saturated rings. The number of nitrogens with one attached hydrogen (secondary N) is 2. The van der Waals surface area contributed by atoms with Crippen molar-refractivity contribution in [3.8, 4) is 0 Å². The summed E-state index contributed by atoms with van der Waals surface area (Å²) in [5.41, 5.74) is 1.35. The number of amides is 1. The van der Waals surface area contributed by atoms with Crippen LogP contribution in [0.4, 0.5) is 11.6 Å². The normalized spacial score (nSPS) is 16.2. The summed E-state index contributed by atoms with van der Waals surface area (Å²) in [6.45, 7) is 6.84. The highest BCUT2D eigenvalue weighted by Gasteiger charge is 2.29. The van der Waals surface area contributed by atoms with E-state index in [9.17, 15) is 9.59 Å². The Hall–Kier alpha value is -2.80. The summed E-state index contributed by atoms with van der Waals surface area (Å²) in [7, 11) is 0. The van der Waals surface area contributed by atoms with Crippen molar-refractivity contribution in [1.82, 2.24) is 9.97 Å². The van der Waals surface area contributed by atoms with E-state index in [4.69, 9.17) is 0 Å². The van der Waals surface area contributed by atoms with Gasteiger partial charge in [0.05, 0.1) is 26.2 Å². The maximum Gasteiger partial charge on any atom is 0.282 e. The molecule has 1 aromatic carbocycles. The second-order valence-corrected chi connectivity index (χ2v) is 6.54. The van der Waals surface area contributed by atoms with Crippen molar-refractivity contribution in [3.05, 3.63) is 48.3 Å². The minimum Gasteiger partial charge on any atom is -0.330 e. The Balaban J connectivity index is 1.53. The van der Waals surface area contributed by atoms with Crippen LogP contribution in [0.15, 0.2) is 42.7 Å². The molecule has 1 aliphatic rings. The van der Waals surface area contributed by atoms with E-state index in [2.05, 4.69) is 20.2 Å². The standard InChI is InChI=1S/C19H23N5O2/c1-14(18(26)22-17-6-4-16(5-7-17)15(2)25)23-10-12-24(13-11-23)19-20-8-3-9-21-19/h3-9,14H,10-13H2,1-2H3,(H,22,26)/p+1/t14-/m1/s1. The number of anilines is 2. The number of Topliss-reactive ketones (excluding diaryl/α,β-unsaturated/α-hetero) is 1. The SMILES string of the molecule is CC(=O)c1ccc(NC(=O)[C@@H](C)[NH+]2CCN(c3ncccn3)CC2)cc1. The molecule has 136 valence electrons. The number of carbonyl (C=O) groups is 2. The van der Waals surface area contributed by atoms with Crippen LogP contribution in [0, 0.1) is 0 Å². The molecular weight excluding hydrogens is 330 g/mol. The highest BCUT2D eigenvalue weighted by molar-refractivity contribution is 5.96. The number of benzene rings is 1. The van der Waals surface area contributed by atoms with Gasteiger partial charge in [-0.05, 0) is 44.2 Å². The lowest BCUT2D eigenvalue weighted by Crippen LogP contribution is -3.19. The van der Waals surface area contributed by atoms with Gasteiger partial charge in [0.15, 0.2) is 11.8 Å². The lowest BCUT2D eigenvalue weighted by atomic mass is 10.1. The summed E-state index contributed by atoms with van der Waals surface area (Å²) in [5, 5.41) is 2.94. The Labute approximate surface area is 153 Å². The third kappa shape index (κ3) is 4.23. The van der Waals surface area contributed by atoms with E-state index in [1.54, 1.807) is 42.7 Å². The van der Waals surface area contributed by atoms with E-state index in [-0.39, 0.29) is 17.7 Å². The third-order valence-electron chi connectivity index (χ3n) is 4.81. The van der Waals surface area contributed by atoms with Gasteiger partial charge in [0.2, 0.25) is 5.95 Å². The molecule has 0 radical (unpaired) electrons. The molecule has 2 aromatic rings. The van der Waals surface area contributed by atoms with Gasteiger partial charge in [0.25, 0.3) is 5.91 Å². The van der Waals surface area contributed by atoms with Crippen molar-refractivity contribution in [3.63, 3.8) is 0 Å². The summed E-state index contributed by atoms with van der Waals surface area (Å²) in [4.78, 5) is 35.8. The number of piperazine rings is 1. The molecule has 0 saturated carbocycles. The summed E-state index contributed by atoms with van der Waals surface area (Å²) in [5.74, 6) is 0.746. The third-order valence-corrected chi connectivity index (χ3v) is 4.81. The number of hydrogen-bond acceptors (Lipinski definition) is 5. The van der Waals surface area contributed by atoms with Gasteiger partial charge in [-0.1, -0.05) is 0 Å². The van der Waals surface area contributed by atoms with Gasteiger partial charge in [-0.25, -0.2) is 9.97 Å². The highest BCUT2D eigenvalue weighted by Crippen LogP contribution is 2.10. The summed E-state index contributed by atoms with van der Waals surface area (Å²) >= 11 is 0. The zero-order chi connectivity index (χ0) is 18.5. The zero-order valence-corrected chi connectivity index (χ0v) is 15.1. The average Bonchev–Trinajstić information content (AvgIpc) is 2.68. The molecule has 3 rings (SSSR count). The van der Waals surface area contributed by atoms with Gasteiger partial charge in [0.1, 0.15) is 0 Å². The predicted molar refractivity (Wildman–Crippen MR) is 99.5 cm³/mol. The lowest BCUT2D eigenvalue weighted by molar-refractivity contribution is -0.914. The van der Waals surface area contributed by atoms with Gasteiger partial charge in [-0.2, -0.15) is 0 Å². The number of nitrogens with zero attached hydrogens (tertiary/aromatic N) is 3. The van der Waals surface area contributed by atoms with E-state index in [0.29, 0.717) is 11.3 Å². The zero-order valence-electron chi connectivity index (χ0n) is 15.1. The van der Waals surface area contributed by atoms with Crippen molar-refractivity contribution in [1.29, 1.82) is 0 Å². The molecular formula is C19H24N5O2+. The molecule has 0 bridgehead atoms. The van der Waals surface area contributed by atoms with E-state index in [1.807, 2.05) is 6.92 Å². The van der Waals surface area contributed by atoms with Crippen LogP contribution in [0.25, 0.3) is 0 Å². The van der Waals surface area contributed by atoms with Crippen LogP contribution in [0.5, 0.6) is 0 Å². The van der Waals surface area contributed by atoms with Crippen LogP contribution >= 0.6 is 0 Å². The molecule has 1 saturated heterocycles. The quantitative estimate of drug-likeness (QED) is 0.761. The maximum absolute atomic E-state index is 12.5. The van der Waals surface area contributed by atoms with Crippen LogP contribution in [0.3, 0.4) is 0 Å².